The van der Waals surface area contributed by atoms with Crippen LogP contribution in [0.15, 0.2) is 22.1 Å². The lowest BCUT2D eigenvalue weighted by Crippen LogP contribution is -2.29. The molecule has 1 aliphatic heterocycles. The Morgan fingerprint density at radius 1 is 1.52 bits per heavy atom. The van der Waals surface area contributed by atoms with E-state index in [-0.39, 0.29) is 5.91 Å². The summed E-state index contributed by atoms with van der Waals surface area (Å²) in [5.74, 6) is -0.181. The van der Waals surface area contributed by atoms with Gasteiger partial charge in [-0.25, -0.2) is 4.68 Å². The minimum atomic E-state index is -0.181. The summed E-state index contributed by atoms with van der Waals surface area (Å²) >= 11 is 5.00. The lowest BCUT2D eigenvalue weighted by atomic mass is 10.1. The molecule has 2 aromatic heterocycles. The zero-order valence-electron chi connectivity index (χ0n) is 11.4. The summed E-state index contributed by atoms with van der Waals surface area (Å²) in [7, 11) is 0. The van der Waals surface area contributed by atoms with Crippen molar-refractivity contribution in [2.75, 3.05) is 13.1 Å². The molecule has 3 heterocycles. The maximum absolute atomic E-state index is 12.1. The van der Waals surface area contributed by atoms with Crippen LogP contribution in [0.4, 0.5) is 0 Å². The molecule has 1 saturated heterocycles. The first-order valence-electron chi connectivity index (χ1n) is 6.86. The van der Waals surface area contributed by atoms with Crippen molar-refractivity contribution in [3.63, 3.8) is 0 Å². The number of piperidine rings is 1. The fraction of sp³-hybridized carbons (Fsp3) is 0.462. The summed E-state index contributed by atoms with van der Waals surface area (Å²) < 4.78 is 2.85. The molecule has 0 atom stereocenters. The number of hydrogen-bond donors (Lipinski definition) is 2. The van der Waals surface area contributed by atoms with E-state index in [0.717, 1.165) is 35.3 Å². The Morgan fingerprint density at radius 3 is 3.05 bits per heavy atom. The van der Waals surface area contributed by atoms with E-state index in [1.54, 1.807) is 17.5 Å². The first kappa shape index (κ1) is 14.7. The smallest absolute Gasteiger partial charge is 0.273 e. The number of amides is 1. The quantitative estimate of drug-likeness (QED) is 0.863. The van der Waals surface area contributed by atoms with Gasteiger partial charge >= 0.3 is 0 Å². The Hall–Kier alpha value is -1.25. The fourth-order valence-corrected chi connectivity index (χ4v) is 3.73. The number of thiophene rings is 1. The van der Waals surface area contributed by atoms with E-state index in [4.69, 9.17) is 0 Å². The van der Waals surface area contributed by atoms with E-state index < -0.39 is 0 Å². The van der Waals surface area contributed by atoms with E-state index >= 15 is 0 Å². The Kier molecular flexibility index (Phi) is 4.67. The molecule has 2 aromatic rings. The third-order valence-electron chi connectivity index (χ3n) is 3.47. The SMILES string of the molecule is O=C(NCc1cc(Br)cs1)c1cn(C2CCNCC2)nn1. The van der Waals surface area contributed by atoms with Gasteiger partial charge in [0.25, 0.3) is 5.91 Å². The predicted octanol–water partition coefficient (Wildman–Crippen LogP) is 1.96. The highest BCUT2D eigenvalue weighted by molar-refractivity contribution is 9.10. The number of carbonyl (C=O) groups excluding carboxylic acids is 1. The second kappa shape index (κ2) is 6.67. The Morgan fingerprint density at radius 2 is 2.33 bits per heavy atom. The molecule has 0 saturated carbocycles. The number of aromatic nitrogens is 3. The van der Waals surface area contributed by atoms with Crippen molar-refractivity contribution in [3.8, 4) is 0 Å². The van der Waals surface area contributed by atoms with Crippen LogP contribution in [0.25, 0.3) is 0 Å². The second-order valence-corrected chi connectivity index (χ2v) is 6.89. The summed E-state index contributed by atoms with van der Waals surface area (Å²) in [6.07, 6.45) is 3.79. The molecule has 1 amide bonds. The molecule has 112 valence electrons. The van der Waals surface area contributed by atoms with Crippen molar-refractivity contribution in [1.29, 1.82) is 0 Å². The first-order valence-corrected chi connectivity index (χ1v) is 8.53. The van der Waals surface area contributed by atoms with Crippen LogP contribution in [-0.2, 0) is 6.54 Å². The molecule has 6 nitrogen and oxygen atoms in total. The fourth-order valence-electron chi connectivity index (χ4n) is 2.33. The van der Waals surface area contributed by atoms with Crippen molar-refractivity contribution in [1.82, 2.24) is 25.6 Å². The minimum Gasteiger partial charge on any atom is -0.346 e. The molecule has 3 rings (SSSR count). The third kappa shape index (κ3) is 3.69. The van der Waals surface area contributed by atoms with E-state index in [1.807, 2.05) is 16.1 Å². The lowest BCUT2D eigenvalue weighted by molar-refractivity contribution is 0.0946. The van der Waals surface area contributed by atoms with Gasteiger partial charge in [-0.3, -0.25) is 4.79 Å². The number of nitrogens with one attached hydrogen (secondary N) is 2. The van der Waals surface area contributed by atoms with Crippen LogP contribution in [-0.4, -0.2) is 34.0 Å². The zero-order valence-corrected chi connectivity index (χ0v) is 13.8. The maximum atomic E-state index is 12.1. The Bertz CT molecular complexity index is 620. The molecule has 2 N–H and O–H groups in total. The summed E-state index contributed by atoms with van der Waals surface area (Å²) in [4.78, 5) is 13.2. The number of nitrogens with zero attached hydrogens (tertiary/aromatic N) is 3. The molecule has 1 aliphatic rings. The monoisotopic (exact) mass is 369 g/mol. The Labute approximate surface area is 135 Å². The molecular formula is C13H16BrN5OS. The first-order chi connectivity index (χ1) is 10.2. The molecular weight excluding hydrogens is 354 g/mol. The average molecular weight is 370 g/mol. The van der Waals surface area contributed by atoms with Gasteiger partial charge in [-0.2, -0.15) is 0 Å². The van der Waals surface area contributed by atoms with E-state index in [9.17, 15) is 4.79 Å². The van der Waals surface area contributed by atoms with Crippen molar-refractivity contribution in [3.05, 3.63) is 32.7 Å². The molecule has 0 unspecified atom stereocenters. The highest BCUT2D eigenvalue weighted by atomic mass is 79.9. The molecule has 0 aliphatic carbocycles. The summed E-state index contributed by atoms with van der Waals surface area (Å²) in [5, 5.41) is 16.2. The largest absolute Gasteiger partial charge is 0.346 e. The van der Waals surface area contributed by atoms with Gasteiger partial charge in [-0.1, -0.05) is 5.21 Å². The van der Waals surface area contributed by atoms with Crippen LogP contribution < -0.4 is 10.6 Å². The molecule has 8 heteroatoms. The number of carbonyl (C=O) groups is 1. The average Bonchev–Trinajstić information content (AvgIpc) is 3.15. The van der Waals surface area contributed by atoms with Gasteiger partial charge in [0.05, 0.1) is 18.8 Å². The van der Waals surface area contributed by atoms with Gasteiger partial charge in [0.15, 0.2) is 5.69 Å². The predicted molar refractivity (Wildman–Crippen MR) is 84.4 cm³/mol. The molecule has 0 aromatic carbocycles. The number of rotatable bonds is 4. The molecule has 1 fully saturated rings. The second-order valence-electron chi connectivity index (χ2n) is 4.98. The normalized spacial score (nSPS) is 16.0. The van der Waals surface area contributed by atoms with Gasteiger partial charge in [0, 0.05) is 14.7 Å². The van der Waals surface area contributed by atoms with Gasteiger partial charge < -0.3 is 10.6 Å². The van der Waals surface area contributed by atoms with Gasteiger partial charge in [-0.15, -0.1) is 16.4 Å². The zero-order chi connectivity index (χ0) is 14.7. The van der Waals surface area contributed by atoms with E-state index in [0.29, 0.717) is 18.3 Å². The van der Waals surface area contributed by atoms with Crippen LogP contribution in [0.5, 0.6) is 0 Å². The van der Waals surface area contributed by atoms with E-state index in [2.05, 4.69) is 36.9 Å². The third-order valence-corrected chi connectivity index (χ3v) is 5.17. The summed E-state index contributed by atoms with van der Waals surface area (Å²) in [6, 6.07) is 2.34. The van der Waals surface area contributed by atoms with Crippen molar-refractivity contribution in [2.24, 2.45) is 0 Å². The molecule has 0 bridgehead atoms. The maximum Gasteiger partial charge on any atom is 0.273 e. The molecule has 0 radical (unpaired) electrons. The van der Waals surface area contributed by atoms with Crippen molar-refractivity contribution in [2.45, 2.75) is 25.4 Å². The number of hydrogen-bond acceptors (Lipinski definition) is 5. The van der Waals surface area contributed by atoms with E-state index in [1.165, 1.54) is 0 Å². The summed E-state index contributed by atoms with van der Waals surface area (Å²) in [5.41, 5.74) is 0.379. The van der Waals surface area contributed by atoms with Gasteiger partial charge in [-0.05, 0) is 47.9 Å². The highest BCUT2D eigenvalue weighted by Gasteiger charge is 2.18. The van der Waals surface area contributed by atoms with Crippen LogP contribution in [0.1, 0.15) is 34.2 Å². The Balaban J connectivity index is 1.58. The van der Waals surface area contributed by atoms with Gasteiger partial charge in [0.2, 0.25) is 0 Å². The van der Waals surface area contributed by atoms with Gasteiger partial charge in [0.1, 0.15) is 0 Å². The topological polar surface area (TPSA) is 71.8 Å². The van der Waals surface area contributed by atoms with Crippen LogP contribution in [0.3, 0.4) is 0 Å². The van der Waals surface area contributed by atoms with Crippen molar-refractivity contribution >= 4 is 33.2 Å². The highest BCUT2D eigenvalue weighted by Crippen LogP contribution is 2.20. The van der Waals surface area contributed by atoms with Crippen LogP contribution >= 0.6 is 27.3 Å². The standard InChI is InChI=1S/C13H16BrN5OS/c14-9-5-11(21-8-9)6-16-13(20)12-7-19(18-17-12)10-1-3-15-4-2-10/h5,7-8,10,15H,1-4,6H2,(H,16,20). The molecule has 0 spiro atoms. The minimum absolute atomic E-state index is 0.181. The van der Waals surface area contributed by atoms with Crippen molar-refractivity contribution < 1.29 is 4.79 Å². The molecule has 21 heavy (non-hydrogen) atoms. The van der Waals surface area contributed by atoms with Crippen LogP contribution in [0.2, 0.25) is 0 Å². The lowest BCUT2D eigenvalue weighted by Gasteiger charge is -2.22. The summed E-state index contributed by atoms with van der Waals surface area (Å²) in [6.45, 7) is 2.48. The van der Waals surface area contributed by atoms with Crippen LogP contribution in [0, 0.1) is 0 Å². The number of halogens is 1.